The van der Waals surface area contributed by atoms with Crippen LogP contribution in [0, 0.1) is 41.2 Å². The zero-order valence-electron chi connectivity index (χ0n) is 40.6. The average molecular weight is 865 g/mol. The summed E-state index contributed by atoms with van der Waals surface area (Å²) in [6.07, 6.45) is 19.8. The van der Waals surface area contributed by atoms with Crippen LogP contribution in [0.1, 0.15) is 142 Å². The van der Waals surface area contributed by atoms with Crippen LogP contribution in [0.2, 0.25) is 0 Å². The minimum absolute atomic E-state index is 0.0790. The van der Waals surface area contributed by atoms with Crippen LogP contribution in [0.4, 0.5) is 11.4 Å². The molecule has 0 saturated heterocycles. The summed E-state index contributed by atoms with van der Waals surface area (Å²) in [6.45, 7) is 45.9. The summed E-state index contributed by atoms with van der Waals surface area (Å²) >= 11 is 0. The minimum Gasteiger partial charge on any atom is -0.462 e. The number of benzene rings is 2. The van der Waals surface area contributed by atoms with Crippen LogP contribution in [0.5, 0.6) is 0 Å². The Morgan fingerprint density at radius 3 is 1.28 bits per heavy atom. The molecule has 2 aromatic carbocycles. The molecule has 0 spiro atoms. The van der Waals surface area contributed by atoms with Gasteiger partial charge in [-0.2, -0.15) is 0 Å². The molecule has 0 aromatic heterocycles. The van der Waals surface area contributed by atoms with E-state index in [0.717, 1.165) is 68.7 Å². The predicted octanol–water partition coefficient (Wildman–Crippen LogP) is 13.8. The van der Waals surface area contributed by atoms with E-state index in [-0.39, 0.29) is 38.5 Å². The van der Waals surface area contributed by atoms with Gasteiger partial charge in [0, 0.05) is 43.0 Å². The normalized spacial score (nSPS) is 22.3. The maximum Gasteiger partial charge on any atom is 0.269 e. The van der Waals surface area contributed by atoms with Gasteiger partial charge >= 0.3 is 0 Å². The fourth-order valence-corrected chi connectivity index (χ4v) is 9.77. The van der Waals surface area contributed by atoms with Gasteiger partial charge in [-0.1, -0.05) is 88.3 Å². The first-order chi connectivity index (χ1) is 30.5. The van der Waals surface area contributed by atoms with Crippen molar-refractivity contribution in [2.24, 2.45) is 5.41 Å². The van der Waals surface area contributed by atoms with Gasteiger partial charge in [0.2, 0.25) is 0 Å². The van der Waals surface area contributed by atoms with Crippen molar-refractivity contribution < 1.29 is 9.47 Å². The molecule has 6 heterocycles. The molecule has 65 heavy (non-hydrogen) atoms. The van der Waals surface area contributed by atoms with E-state index in [2.05, 4.69) is 132 Å². The molecule has 6 aliphatic rings. The monoisotopic (exact) mass is 865 g/mol. The first kappa shape index (κ1) is 46.5. The molecule has 0 unspecified atom stereocenters. The molecule has 6 aliphatic heterocycles. The maximum atomic E-state index is 9.41. The average Bonchev–Trinajstić information content (AvgIpc) is 3.24. The molecule has 0 fully saturated rings. The quantitative estimate of drug-likeness (QED) is 0.225. The lowest BCUT2D eigenvalue weighted by atomic mass is 9.69. The third-order valence-corrected chi connectivity index (χ3v) is 14.2. The van der Waals surface area contributed by atoms with E-state index in [9.17, 15) is 10.5 Å². The second kappa shape index (κ2) is 17.1. The molecule has 0 radical (unpaired) electrons. The maximum absolute atomic E-state index is 9.41. The number of allylic oxidation sites excluding steroid dienone is 12. The molecule has 0 amide bonds. The Bertz CT molecular complexity index is 2640. The van der Waals surface area contributed by atoms with Gasteiger partial charge in [-0.15, -0.1) is 0 Å². The van der Waals surface area contributed by atoms with Crippen molar-refractivity contribution in [1.29, 1.82) is 10.5 Å². The summed E-state index contributed by atoms with van der Waals surface area (Å²) in [5.41, 5.74) is 12.6. The number of hydrogen-bond acceptors (Lipinski definition) is 6. The van der Waals surface area contributed by atoms with Crippen molar-refractivity contribution in [3.8, 4) is 12.1 Å². The number of hydrogen-bond donors (Lipinski definition) is 0. The topological polar surface area (TPSA) is 81.2 Å². The molecule has 8 rings (SSSR count). The highest BCUT2D eigenvalue weighted by Crippen LogP contribution is 2.51. The summed E-state index contributed by atoms with van der Waals surface area (Å²) in [4.78, 5) is 11.9. The van der Waals surface area contributed by atoms with Crippen molar-refractivity contribution in [3.63, 3.8) is 0 Å². The van der Waals surface area contributed by atoms with Gasteiger partial charge in [0.15, 0.2) is 0 Å². The van der Waals surface area contributed by atoms with Gasteiger partial charge in [0.25, 0.3) is 11.4 Å². The zero-order valence-corrected chi connectivity index (χ0v) is 40.6. The van der Waals surface area contributed by atoms with Crippen LogP contribution >= 0.6 is 0 Å². The SMILES string of the molecule is [C-]#[N+]/C(C#N)=C1/C=C(C)OC(/C=C/c2cc3c4c(c2)C(C)(C)CCN4CCC3(C)C)=C1.[C-]#[N+]/C(C#N)=C1C=C(/C=C/c2cc3c4c(c2)C(C)(C)CCN4CCC3(C)C)OC(C(C)(C)C)=C\1. The van der Waals surface area contributed by atoms with Crippen molar-refractivity contribution in [2.45, 2.75) is 130 Å². The number of nitriles is 2. The van der Waals surface area contributed by atoms with E-state index < -0.39 is 0 Å². The van der Waals surface area contributed by atoms with E-state index in [1.165, 1.54) is 33.6 Å². The predicted molar refractivity (Wildman–Crippen MR) is 264 cm³/mol. The van der Waals surface area contributed by atoms with Gasteiger partial charge in [-0.25, -0.2) is 20.2 Å². The second-order valence-electron chi connectivity index (χ2n) is 22.0. The minimum atomic E-state index is -0.241. The number of anilines is 2. The third-order valence-electron chi connectivity index (χ3n) is 14.2. The molecule has 0 aliphatic carbocycles. The second-order valence-corrected chi connectivity index (χ2v) is 22.0. The Labute approximate surface area is 388 Å². The molecule has 334 valence electrons. The molecule has 0 saturated carbocycles. The van der Waals surface area contributed by atoms with E-state index in [4.69, 9.17) is 22.6 Å². The number of ether oxygens (including phenoxy) is 2. The molecule has 0 N–H and O–H groups in total. The Hall–Kier alpha value is -6.48. The molecular weight excluding hydrogens is 801 g/mol. The summed E-state index contributed by atoms with van der Waals surface area (Å²) in [5, 5.41) is 18.6. The smallest absolute Gasteiger partial charge is 0.269 e. The van der Waals surface area contributed by atoms with Gasteiger partial charge in [0.05, 0.1) is 25.3 Å². The van der Waals surface area contributed by atoms with Crippen LogP contribution < -0.4 is 9.80 Å². The van der Waals surface area contributed by atoms with Crippen molar-refractivity contribution in [2.75, 3.05) is 36.0 Å². The third kappa shape index (κ3) is 9.38. The summed E-state index contributed by atoms with van der Waals surface area (Å²) in [5.74, 6) is 2.70. The number of nitrogens with zero attached hydrogens (tertiary/aromatic N) is 6. The molecular formula is C57H64N6O2. The van der Waals surface area contributed by atoms with E-state index >= 15 is 0 Å². The lowest BCUT2D eigenvalue weighted by Gasteiger charge is -2.48. The molecule has 2 aromatic rings. The van der Waals surface area contributed by atoms with Crippen molar-refractivity contribution >= 4 is 23.5 Å². The lowest BCUT2D eigenvalue weighted by molar-refractivity contribution is 0.223. The number of rotatable bonds is 4. The Morgan fingerprint density at radius 1 is 0.585 bits per heavy atom. The van der Waals surface area contributed by atoms with Gasteiger partial charge in [0.1, 0.15) is 23.0 Å². The first-order valence-electron chi connectivity index (χ1n) is 23.0. The molecule has 0 bridgehead atoms. The fraction of sp³-hybridized carbons (Fsp3) is 0.439. The highest BCUT2D eigenvalue weighted by atomic mass is 16.5. The zero-order chi connectivity index (χ0) is 47.3. The van der Waals surface area contributed by atoms with Crippen molar-refractivity contribution in [1.82, 2.24) is 0 Å². The molecule has 8 heteroatoms. The summed E-state index contributed by atoms with van der Waals surface area (Å²) in [7, 11) is 0. The van der Waals surface area contributed by atoms with E-state index in [1.807, 2.05) is 37.3 Å². The lowest BCUT2D eigenvalue weighted by Crippen LogP contribution is -2.44. The van der Waals surface area contributed by atoms with Crippen LogP contribution in [0.15, 0.2) is 106 Å². The fourth-order valence-electron chi connectivity index (χ4n) is 9.77. The highest BCUT2D eigenvalue weighted by Gasteiger charge is 2.41. The first-order valence-corrected chi connectivity index (χ1v) is 23.0. The van der Waals surface area contributed by atoms with E-state index in [1.54, 1.807) is 18.2 Å². The summed E-state index contributed by atoms with van der Waals surface area (Å²) in [6, 6.07) is 13.3. The van der Waals surface area contributed by atoms with Crippen molar-refractivity contribution in [3.05, 3.63) is 163 Å². The van der Waals surface area contributed by atoms with Gasteiger partial charge in [-0.05, 0) is 160 Å². The molecule has 0 atom stereocenters. The van der Waals surface area contributed by atoms with Crippen LogP contribution in [0.3, 0.4) is 0 Å². The van der Waals surface area contributed by atoms with Gasteiger partial charge in [-0.3, -0.25) is 0 Å². The Morgan fingerprint density at radius 2 is 0.938 bits per heavy atom. The van der Waals surface area contributed by atoms with E-state index in [0.29, 0.717) is 28.4 Å². The standard InChI is InChI=1S/C30H35N3O.C27H29N3O/c1-28(2,3)26-18-21(25(19-31)32-8)17-22(34-26)10-9-20-15-23-27-24(16-20)30(6,7)12-14-33(27)13-11-29(23,4)5;1-18-13-20(24(17-28)29-6)16-21(31-18)8-7-19-14-22-25-23(15-19)27(4,5)10-12-30(25)11-9-26(22,2)3/h9-10,15-18H,11-14H2,1-7H3;7-8,13-16H,9-12H2,1-5H3/b10-9+,25-21+;8-7+,24-20-. The van der Waals surface area contributed by atoms with Crippen LogP contribution in [-0.2, 0) is 31.1 Å². The Balaban J connectivity index is 0.000000195. The Kier molecular flexibility index (Phi) is 12.3. The summed E-state index contributed by atoms with van der Waals surface area (Å²) < 4.78 is 12.0. The highest BCUT2D eigenvalue weighted by molar-refractivity contribution is 5.74. The molecule has 8 nitrogen and oxygen atoms in total. The van der Waals surface area contributed by atoms with Gasteiger partial charge < -0.3 is 19.3 Å². The van der Waals surface area contributed by atoms with Crippen LogP contribution in [0.25, 0.3) is 21.8 Å². The van der Waals surface area contributed by atoms with Crippen LogP contribution in [-0.4, -0.2) is 26.2 Å². The largest absolute Gasteiger partial charge is 0.462 e.